The summed E-state index contributed by atoms with van der Waals surface area (Å²) in [6.45, 7) is 2.27. The van der Waals surface area contributed by atoms with Gasteiger partial charge in [-0.3, -0.25) is 9.59 Å². The van der Waals surface area contributed by atoms with Crippen LogP contribution in [0.25, 0.3) is 0 Å². The molecule has 29 heavy (non-hydrogen) atoms. The van der Waals surface area contributed by atoms with E-state index < -0.39 is 12.1 Å². The van der Waals surface area contributed by atoms with Crippen LogP contribution in [-0.4, -0.2) is 42.9 Å². The van der Waals surface area contributed by atoms with Gasteiger partial charge in [-0.1, -0.05) is 37.3 Å². The number of esters is 1. The normalized spacial score (nSPS) is 14.7. The SMILES string of the molecule is CCCN(CC(=O)Nc1ccccc1OC)C(=O)CC1OC(=O)c2ccccc21. The third-order valence-corrected chi connectivity index (χ3v) is 4.70. The molecule has 1 N–H and O–H groups in total. The van der Waals surface area contributed by atoms with Gasteiger partial charge in [0.05, 0.1) is 31.3 Å². The second-order valence-electron chi connectivity index (χ2n) is 6.75. The van der Waals surface area contributed by atoms with E-state index in [0.29, 0.717) is 35.5 Å². The molecule has 0 fully saturated rings. The minimum atomic E-state index is -0.622. The molecular weight excluding hydrogens is 372 g/mol. The molecule has 2 aromatic carbocycles. The third kappa shape index (κ3) is 4.74. The van der Waals surface area contributed by atoms with Gasteiger partial charge in [0.1, 0.15) is 11.9 Å². The molecule has 0 aromatic heterocycles. The Balaban J connectivity index is 1.65. The Morgan fingerprint density at radius 2 is 1.86 bits per heavy atom. The van der Waals surface area contributed by atoms with Gasteiger partial charge in [-0.05, 0) is 24.6 Å². The van der Waals surface area contributed by atoms with Gasteiger partial charge in [0, 0.05) is 12.1 Å². The first-order valence-electron chi connectivity index (χ1n) is 9.54. The lowest BCUT2D eigenvalue weighted by atomic mass is 10.0. The number of fused-ring (bicyclic) bond motifs is 1. The zero-order chi connectivity index (χ0) is 20.8. The maximum atomic E-state index is 12.8. The first-order valence-corrected chi connectivity index (χ1v) is 9.54. The molecule has 1 aliphatic rings. The van der Waals surface area contributed by atoms with Gasteiger partial charge < -0.3 is 19.7 Å². The number of ether oxygens (including phenoxy) is 2. The molecule has 7 nitrogen and oxygen atoms in total. The van der Waals surface area contributed by atoms with Crippen molar-refractivity contribution in [2.75, 3.05) is 25.5 Å². The van der Waals surface area contributed by atoms with E-state index in [1.807, 2.05) is 19.1 Å². The average molecular weight is 396 g/mol. The number of hydrogen-bond acceptors (Lipinski definition) is 5. The number of nitrogens with one attached hydrogen (secondary N) is 1. The van der Waals surface area contributed by atoms with Gasteiger partial charge in [0.15, 0.2) is 0 Å². The number of rotatable bonds is 8. The molecule has 0 bridgehead atoms. The third-order valence-electron chi connectivity index (χ3n) is 4.70. The Hall–Kier alpha value is -3.35. The second kappa shape index (κ2) is 9.23. The van der Waals surface area contributed by atoms with Crippen LogP contribution in [0.3, 0.4) is 0 Å². The lowest BCUT2D eigenvalue weighted by Crippen LogP contribution is -2.39. The maximum absolute atomic E-state index is 12.8. The Bertz CT molecular complexity index is 912. The first-order chi connectivity index (χ1) is 14.0. The molecule has 0 spiro atoms. The van der Waals surface area contributed by atoms with Crippen LogP contribution in [0.5, 0.6) is 5.75 Å². The van der Waals surface area contributed by atoms with Gasteiger partial charge in [-0.25, -0.2) is 4.79 Å². The van der Waals surface area contributed by atoms with Crippen molar-refractivity contribution in [1.82, 2.24) is 4.90 Å². The average Bonchev–Trinajstić information content (AvgIpc) is 3.03. The largest absolute Gasteiger partial charge is 0.495 e. The Morgan fingerprint density at radius 1 is 1.14 bits per heavy atom. The van der Waals surface area contributed by atoms with Crippen LogP contribution < -0.4 is 10.1 Å². The van der Waals surface area contributed by atoms with Crippen molar-refractivity contribution in [2.45, 2.75) is 25.9 Å². The highest BCUT2D eigenvalue weighted by Gasteiger charge is 2.33. The fourth-order valence-electron chi connectivity index (χ4n) is 3.33. The summed E-state index contributed by atoms with van der Waals surface area (Å²) < 4.78 is 10.6. The van der Waals surface area contributed by atoms with E-state index in [-0.39, 0.29) is 24.8 Å². The van der Waals surface area contributed by atoms with E-state index in [9.17, 15) is 14.4 Å². The van der Waals surface area contributed by atoms with Crippen LogP contribution in [0.1, 0.15) is 41.8 Å². The van der Waals surface area contributed by atoms with E-state index in [1.54, 1.807) is 36.4 Å². The van der Waals surface area contributed by atoms with E-state index >= 15 is 0 Å². The van der Waals surface area contributed by atoms with E-state index in [1.165, 1.54) is 12.0 Å². The van der Waals surface area contributed by atoms with Crippen molar-refractivity contribution in [3.05, 3.63) is 59.7 Å². The lowest BCUT2D eigenvalue weighted by molar-refractivity contribution is -0.136. The van der Waals surface area contributed by atoms with Crippen molar-refractivity contribution in [3.8, 4) is 5.75 Å². The predicted molar refractivity (Wildman–Crippen MR) is 108 cm³/mol. The molecule has 0 radical (unpaired) electrons. The summed E-state index contributed by atoms with van der Waals surface area (Å²) in [6.07, 6.45) is 0.0854. The minimum Gasteiger partial charge on any atom is -0.495 e. The van der Waals surface area contributed by atoms with Crippen molar-refractivity contribution in [2.24, 2.45) is 0 Å². The first kappa shape index (κ1) is 20.4. The number of cyclic esters (lactones) is 1. The van der Waals surface area contributed by atoms with Gasteiger partial charge in [0.25, 0.3) is 0 Å². The summed E-state index contributed by atoms with van der Waals surface area (Å²) >= 11 is 0. The molecule has 152 valence electrons. The molecule has 1 atom stereocenters. The summed E-state index contributed by atoms with van der Waals surface area (Å²) in [5.74, 6) is -0.435. The van der Waals surface area contributed by atoms with Crippen LogP contribution in [0.4, 0.5) is 5.69 Å². The van der Waals surface area contributed by atoms with E-state index in [2.05, 4.69) is 5.32 Å². The van der Waals surface area contributed by atoms with Crippen molar-refractivity contribution in [3.63, 3.8) is 0 Å². The monoisotopic (exact) mass is 396 g/mol. The molecule has 0 aliphatic carbocycles. The molecule has 0 saturated carbocycles. The Labute approximate surface area is 169 Å². The molecule has 1 unspecified atom stereocenters. The molecule has 2 aromatic rings. The number of nitrogens with zero attached hydrogens (tertiary/aromatic N) is 1. The van der Waals surface area contributed by atoms with E-state index in [4.69, 9.17) is 9.47 Å². The molecule has 3 rings (SSSR count). The number of carbonyl (C=O) groups excluding carboxylic acids is 3. The maximum Gasteiger partial charge on any atom is 0.339 e. The highest BCUT2D eigenvalue weighted by atomic mass is 16.5. The zero-order valence-electron chi connectivity index (χ0n) is 16.5. The lowest BCUT2D eigenvalue weighted by Gasteiger charge is -2.23. The van der Waals surface area contributed by atoms with Gasteiger partial charge in [0.2, 0.25) is 11.8 Å². The van der Waals surface area contributed by atoms with E-state index in [0.717, 1.165) is 0 Å². The van der Waals surface area contributed by atoms with Crippen LogP contribution in [0.15, 0.2) is 48.5 Å². The molecular formula is C22H24N2O5. The topological polar surface area (TPSA) is 84.9 Å². The molecule has 7 heteroatoms. The standard InChI is InChI=1S/C22H24N2O5/c1-3-12-24(14-20(25)23-17-10-6-7-11-18(17)28-2)21(26)13-19-15-8-4-5-9-16(15)22(27)29-19/h4-11,19H,3,12-14H2,1-2H3,(H,23,25). The smallest absolute Gasteiger partial charge is 0.339 e. The van der Waals surface area contributed by atoms with Crippen LogP contribution >= 0.6 is 0 Å². The molecule has 2 amide bonds. The second-order valence-corrected chi connectivity index (χ2v) is 6.75. The fraction of sp³-hybridized carbons (Fsp3) is 0.318. The number of para-hydroxylation sites is 2. The Kier molecular flexibility index (Phi) is 6.49. The quantitative estimate of drug-likeness (QED) is 0.693. The summed E-state index contributed by atoms with van der Waals surface area (Å²) in [7, 11) is 1.53. The summed E-state index contributed by atoms with van der Waals surface area (Å²) in [5.41, 5.74) is 1.74. The highest BCUT2D eigenvalue weighted by molar-refractivity contribution is 5.97. The number of amides is 2. The van der Waals surface area contributed by atoms with Gasteiger partial charge >= 0.3 is 5.97 Å². The van der Waals surface area contributed by atoms with Gasteiger partial charge in [-0.2, -0.15) is 0 Å². The van der Waals surface area contributed by atoms with Crippen molar-refractivity contribution >= 4 is 23.5 Å². The van der Waals surface area contributed by atoms with Gasteiger partial charge in [-0.15, -0.1) is 0 Å². The highest BCUT2D eigenvalue weighted by Crippen LogP contribution is 2.33. The summed E-state index contributed by atoms with van der Waals surface area (Å²) in [6, 6.07) is 14.1. The molecule has 0 saturated heterocycles. The minimum absolute atomic E-state index is 0.00465. The summed E-state index contributed by atoms with van der Waals surface area (Å²) in [4.78, 5) is 38.8. The number of methoxy groups -OCH3 is 1. The van der Waals surface area contributed by atoms with Crippen LogP contribution in [-0.2, 0) is 14.3 Å². The zero-order valence-corrected chi connectivity index (χ0v) is 16.5. The molecule has 1 heterocycles. The van der Waals surface area contributed by atoms with Crippen molar-refractivity contribution < 1.29 is 23.9 Å². The van der Waals surface area contributed by atoms with Crippen LogP contribution in [0, 0.1) is 0 Å². The number of carbonyl (C=O) groups is 3. The summed E-state index contributed by atoms with van der Waals surface area (Å²) in [5, 5.41) is 2.78. The number of hydrogen-bond donors (Lipinski definition) is 1. The Morgan fingerprint density at radius 3 is 2.62 bits per heavy atom. The number of anilines is 1. The van der Waals surface area contributed by atoms with Crippen molar-refractivity contribution in [1.29, 1.82) is 0 Å². The molecule has 1 aliphatic heterocycles. The predicted octanol–water partition coefficient (Wildman–Crippen LogP) is 3.17. The fourth-order valence-corrected chi connectivity index (χ4v) is 3.33. The number of benzene rings is 2. The van der Waals surface area contributed by atoms with Crippen LogP contribution in [0.2, 0.25) is 0 Å².